The van der Waals surface area contributed by atoms with Crippen LogP contribution >= 0.6 is 0 Å². The van der Waals surface area contributed by atoms with Crippen molar-refractivity contribution in [2.24, 2.45) is 23.7 Å². The van der Waals surface area contributed by atoms with Gasteiger partial charge in [0.15, 0.2) is 0 Å². The molecule has 4 saturated carbocycles. The van der Waals surface area contributed by atoms with Crippen molar-refractivity contribution in [1.82, 2.24) is 0 Å². The van der Waals surface area contributed by atoms with E-state index < -0.39 is 22.7 Å². The lowest BCUT2D eigenvalue weighted by Crippen LogP contribution is -2.38. The van der Waals surface area contributed by atoms with Gasteiger partial charge in [-0.05, 0) is 75.0 Å². The molecule has 0 aromatic carbocycles. The van der Waals surface area contributed by atoms with E-state index in [1.54, 1.807) is 0 Å². The van der Waals surface area contributed by atoms with E-state index in [9.17, 15) is 8.42 Å². The Labute approximate surface area is 224 Å². The van der Waals surface area contributed by atoms with Crippen molar-refractivity contribution in [3.8, 4) is 0 Å². The van der Waals surface area contributed by atoms with E-state index in [4.69, 9.17) is 16.7 Å². The van der Waals surface area contributed by atoms with Gasteiger partial charge >= 0.3 is 22.7 Å². The van der Waals surface area contributed by atoms with Crippen LogP contribution in [0.1, 0.15) is 128 Å². The predicted octanol–water partition coefficient (Wildman–Crippen LogP) is 7.02. The SMILES string of the molecule is O=S1O[C@H](C2CCCCC2)[C@H](C2CCCCC2)O1.O=S1O[C@H](C2CCCCC2)[C@H](C2CCCCC2)O1. The van der Waals surface area contributed by atoms with Gasteiger partial charge in [0, 0.05) is 0 Å². The van der Waals surface area contributed by atoms with Gasteiger partial charge in [0.25, 0.3) is 0 Å². The normalized spacial score (nSPS) is 40.1. The zero-order chi connectivity index (χ0) is 24.7. The molecule has 0 bridgehead atoms. The quantitative estimate of drug-likeness (QED) is 0.379. The third kappa shape index (κ3) is 7.20. The van der Waals surface area contributed by atoms with Crippen molar-refractivity contribution in [2.45, 2.75) is 153 Å². The molecule has 0 radical (unpaired) electrons. The van der Waals surface area contributed by atoms with Crippen LogP contribution in [0.5, 0.6) is 0 Å². The third-order valence-corrected chi connectivity index (χ3v) is 11.4. The van der Waals surface area contributed by atoms with E-state index >= 15 is 0 Å². The highest BCUT2D eigenvalue weighted by Gasteiger charge is 2.46. The first-order valence-corrected chi connectivity index (χ1v) is 17.2. The van der Waals surface area contributed by atoms with Crippen molar-refractivity contribution < 1.29 is 25.2 Å². The molecular weight excluding hydrogens is 496 g/mol. The van der Waals surface area contributed by atoms with E-state index in [0.717, 1.165) is 0 Å². The largest absolute Gasteiger partial charge is 0.305 e. The minimum atomic E-state index is -1.49. The summed E-state index contributed by atoms with van der Waals surface area (Å²) >= 11 is -2.97. The maximum atomic E-state index is 11.6. The Balaban J connectivity index is 0.000000148. The fourth-order valence-electron chi connectivity index (χ4n) is 7.87. The molecule has 6 aliphatic rings. The van der Waals surface area contributed by atoms with Crippen LogP contribution in [0.2, 0.25) is 0 Å². The van der Waals surface area contributed by atoms with Crippen molar-refractivity contribution >= 4 is 22.7 Å². The molecule has 6 rings (SSSR count). The van der Waals surface area contributed by atoms with E-state index in [-0.39, 0.29) is 24.4 Å². The summed E-state index contributed by atoms with van der Waals surface area (Å²) in [7, 11) is 0. The van der Waals surface area contributed by atoms with Gasteiger partial charge in [-0.25, -0.2) is 0 Å². The van der Waals surface area contributed by atoms with Crippen LogP contribution in [-0.4, -0.2) is 32.8 Å². The maximum absolute atomic E-state index is 11.6. The predicted molar refractivity (Wildman–Crippen MR) is 142 cm³/mol. The lowest BCUT2D eigenvalue weighted by Gasteiger charge is -2.33. The van der Waals surface area contributed by atoms with Crippen LogP contribution < -0.4 is 0 Å². The summed E-state index contributed by atoms with van der Waals surface area (Å²) in [4.78, 5) is 0. The summed E-state index contributed by atoms with van der Waals surface area (Å²) in [6, 6.07) is 0. The Morgan fingerprint density at radius 2 is 0.528 bits per heavy atom. The van der Waals surface area contributed by atoms with Crippen molar-refractivity contribution in [1.29, 1.82) is 0 Å². The minimum Gasteiger partial charge on any atom is -0.262 e. The van der Waals surface area contributed by atoms with Crippen LogP contribution in [0.15, 0.2) is 0 Å². The second kappa shape index (κ2) is 14.0. The fraction of sp³-hybridized carbons (Fsp3) is 1.00. The molecule has 6 nitrogen and oxygen atoms in total. The molecule has 208 valence electrons. The summed E-state index contributed by atoms with van der Waals surface area (Å²) in [5, 5.41) is 0. The van der Waals surface area contributed by atoms with Crippen molar-refractivity contribution in [3.63, 3.8) is 0 Å². The van der Waals surface area contributed by atoms with Gasteiger partial charge in [-0.15, -0.1) is 0 Å². The van der Waals surface area contributed by atoms with Gasteiger partial charge in [-0.2, -0.15) is 8.42 Å². The molecule has 0 spiro atoms. The monoisotopic (exact) mass is 544 g/mol. The molecule has 2 unspecified atom stereocenters. The number of hydrogen-bond acceptors (Lipinski definition) is 6. The second-order valence-corrected chi connectivity index (χ2v) is 13.8. The molecule has 2 saturated heterocycles. The van der Waals surface area contributed by atoms with E-state index in [0.29, 0.717) is 23.7 Å². The van der Waals surface area contributed by atoms with Crippen LogP contribution in [-0.2, 0) is 39.5 Å². The average Bonchev–Trinajstić information content (AvgIpc) is 3.54. The molecule has 6 atom stereocenters. The van der Waals surface area contributed by atoms with Gasteiger partial charge in [0.2, 0.25) is 0 Å². The smallest absolute Gasteiger partial charge is 0.262 e. The first-order chi connectivity index (χ1) is 17.7. The molecule has 0 aromatic heterocycles. The highest BCUT2D eigenvalue weighted by Crippen LogP contribution is 2.42. The summed E-state index contributed by atoms with van der Waals surface area (Å²) in [5.74, 6) is 2.32. The van der Waals surface area contributed by atoms with Gasteiger partial charge < -0.3 is 0 Å². The van der Waals surface area contributed by atoms with Crippen LogP contribution in [0.3, 0.4) is 0 Å². The minimum absolute atomic E-state index is 0.106. The Hall–Kier alpha value is 0.140. The molecule has 2 aliphatic heterocycles. The Morgan fingerprint density at radius 1 is 0.333 bits per heavy atom. The molecule has 0 amide bonds. The second-order valence-electron chi connectivity index (χ2n) is 12.2. The average molecular weight is 545 g/mol. The molecule has 8 heteroatoms. The van der Waals surface area contributed by atoms with Crippen LogP contribution in [0, 0.1) is 23.7 Å². The third-order valence-electron chi connectivity index (χ3n) is 9.86. The van der Waals surface area contributed by atoms with Crippen LogP contribution in [0.4, 0.5) is 0 Å². The fourth-order valence-corrected chi connectivity index (χ4v) is 9.75. The zero-order valence-electron chi connectivity index (χ0n) is 22.0. The number of hydrogen-bond donors (Lipinski definition) is 0. The number of rotatable bonds is 4. The summed E-state index contributed by atoms with van der Waals surface area (Å²) in [5.41, 5.74) is 0. The zero-order valence-corrected chi connectivity index (χ0v) is 23.7. The Kier molecular flexibility index (Phi) is 10.8. The molecule has 4 aliphatic carbocycles. The summed E-state index contributed by atoms with van der Waals surface area (Å²) < 4.78 is 45.7. The van der Waals surface area contributed by atoms with E-state index in [1.165, 1.54) is 128 Å². The molecular formula is C28H48O6S2. The first kappa shape index (κ1) is 27.7. The van der Waals surface area contributed by atoms with Gasteiger partial charge in [-0.3, -0.25) is 16.7 Å². The molecule has 36 heavy (non-hydrogen) atoms. The summed E-state index contributed by atoms with van der Waals surface area (Å²) in [6.07, 6.45) is 26.1. The topological polar surface area (TPSA) is 71.1 Å². The maximum Gasteiger partial charge on any atom is 0.305 e. The lowest BCUT2D eigenvalue weighted by molar-refractivity contribution is 0.0324. The highest BCUT2D eigenvalue weighted by atomic mass is 32.2. The van der Waals surface area contributed by atoms with Gasteiger partial charge in [-0.1, -0.05) is 77.0 Å². The first-order valence-electron chi connectivity index (χ1n) is 15.2. The standard InChI is InChI=1S/2C14H24O3S/c2*15-18-16-13(11-7-3-1-4-8-11)14(17-18)12-9-5-2-6-10-12/h2*11-14H,1-10H2/t2*13-,14+,18?. The van der Waals surface area contributed by atoms with Gasteiger partial charge in [0.05, 0.1) is 0 Å². The lowest BCUT2D eigenvalue weighted by atomic mass is 9.77. The molecule has 0 aromatic rings. The van der Waals surface area contributed by atoms with E-state index in [1.807, 2.05) is 0 Å². The van der Waals surface area contributed by atoms with Gasteiger partial charge in [0.1, 0.15) is 24.4 Å². The van der Waals surface area contributed by atoms with Crippen molar-refractivity contribution in [3.05, 3.63) is 0 Å². The summed E-state index contributed by atoms with van der Waals surface area (Å²) in [6.45, 7) is 0. The molecule has 2 heterocycles. The Morgan fingerprint density at radius 3 is 0.722 bits per heavy atom. The molecule has 6 fully saturated rings. The highest BCUT2D eigenvalue weighted by molar-refractivity contribution is 7.75. The van der Waals surface area contributed by atoms with E-state index in [2.05, 4.69) is 0 Å². The molecule has 0 N–H and O–H groups in total. The Bertz CT molecular complexity index is 595. The van der Waals surface area contributed by atoms with Crippen molar-refractivity contribution in [2.75, 3.05) is 0 Å². The van der Waals surface area contributed by atoms with Crippen LogP contribution in [0.25, 0.3) is 0 Å².